The van der Waals surface area contributed by atoms with E-state index in [-0.39, 0.29) is 5.82 Å². The number of aliphatic imine (C=N–C) groups is 1. The van der Waals surface area contributed by atoms with Crippen molar-refractivity contribution in [1.29, 1.82) is 5.41 Å². The Labute approximate surface area is 128 Å². The minimum atomic E-state index is -0.975. The van der Waals surface area contributed by atoms with Crippen molar-refractivity contribution in [2.45, 2.75) is 51.3 Å². The number of hydrogen-bond acceptors (Lipinski definition) is 4. The zero-order valence-corrected chi connectivity index (χ0v) is 13.2. The van der Waals surface area contributed by atoms with E-state index >= 15 is 0 Å². The van der Waals surface area contributed by atoms with E-state index in [0.717, 1.165) is 5.56 Å². The summed E-state index contributed by atoms with van der Waals surface area (Å²) in [6.07, 6.45) is 2.94. The summed E-state index contributed by atoms with van der Waals surface area (Å²) < 4.78 is 5.63. The first-order valence-electron chi connectivity index (χ1n) is 7.04. The Morgan fingerprint density at radius 3 is 2.43 bits per heavy atom. The molecule has 113 valence electrons. The third kappa shape index (κ3) is 5.82. The maximum atomic E-state index is 10.0. The highest BCUT2D eigenvalue weighted by Gasteiger charge is 2.36. The van der Waals surface area contributed by atoms with Crippen LogP contribution in [0.4, 0.5) is 0 Å². The number of nitrogens with zero attached hydrogens (tertiary/aromatic N) is 1. The Balaban J connectivity index is 2.51. The molecule has 0 amide bonds. The second-order valence-electron chi connectivity index (χ2n) is 6.04. The van der Waals surface area contributed by atoms with E-state index in [1.807, 2.05) is 44.2 Å². The molecule has 1 radical (unpaired) electrons. The molecule has 1 aromatic carbocycles. The first-order chi connectivity index (χ1) is 9.76. The smallest absolute Gasteiger partial charge is 0.308 e. The summed E-state index contributed by atoms with van der Waals surface area (Å²) in [6.45, 7) is 7.60. The number of nitrogens with one attached hydrogen (secondary N) is 1. The lowest BCUT2D eigenvalue weighted by atomic mass is 9.78. The quantitative estimate of drug-likeness (QED) is 0.570. The average molecular weight is 287 g/mol. The second-order valence-corrected chi connectivity index (χ2v) is 6.04. The summed E-state index contributed by atoms with van der Waals surface area (Å²) in [6, 6.07) is 9.93. The van der Waals surface area contributed by atoms with Crippen molar-refractivity contribution in [3.8, 4) is 0 Å². The lowest BCUT2D eigenvalue weighted by Gasteiger charge is -2.38. The SMILES string of the molecule is CC(C)(O)C(C)(C)O[B]C(C=N)C=NCc1ccccc1. The van der Waals surface area contributed by atoms with Gasteiger partial charge in [-0.25, -0.2) is 0 Å². The first-order valence-corrected chi connectivity index (χ1v) is 7.04. The summed E-state index contributed by atoms with van der Waals surface area (Å²) in [5.41, 5.74) is -0.589. The molecule has 2 N–H and O–H groups in total. The van der Waals surface area contributed by atoms with Crippen molar-refractivity contribution in [2.75, 3.05) is 0 Å². The Morgan fingerprint density at radius 2 is 1.90 bits per heavy atom. The Bertz CT molecular complexity index is 467. The fourth-order valence-corrected chi connectivity index (χ4v) is 1.37. The third-order valence-electron chi connectivity index (χ3n) is 3.58. The van der Waals surface area contributed by atoms with Crippen LogP contribution in [0.15, 0.2) is 35.3 Å². The van der Waals surface area contributed by atoms with Gasteiger partial charge in [0.15, 0.2) is 0 Å². The fraction of sp³-hybridized carbons (Fsp3) is 0.500. The minimum Gasteiger partial charge on any atom is -0.432 e. The Hall–Kier alpha value is -1.46. The molecule has 4 nitrogen and oxygen atoms in total. The molecule has 21 heavy (non-hydrogen) atoms. The van der Waals surface area contributed by atoms with E-state index in [4.69, 9.17) is 10.1 Å². The molecule has 0 fully saturated rings. The molecular weight excluding hydrogens is 263 g/mol. The van der Waals surface area contributed by atoms with Crippen molar-refractivity contribution in [1.82, 2.24) is 0 Å². The van der Waals surface area contributed by atoms with E-state index in [1.165, 1.54) is 6.21 Å². The summed E-state index contributed by atoms with van der Waals surface area (Å²) in [5.74, 6) is -0.310. The lowest BCUT2D eigenvalue weighted by Crippen LogP contribution is -2.48. The van der Waals surface area contributed by atoms with Gasteiger partial charge < -0.3 is 15.2 Å². The fourth-order valence-electron chi connectivity index (χ4n) is 1.37. The number of aliphatic hydroxyl groups is 1. The van der Waals surface area contributed by atoms with Crippen LogP contribution < -0.4 is 0 Å². The van der Waals surface area contributed by atoms with Gasteiger partial charge in [0, 0.05) is 12.0 Å². The third-order valence-corrected chi connectivity index (χ3v) is 3.58. The van der Waals surface area contributed by atoms with Gasteiger partial charge in [-0.2, -0.15) is 0 Å². The molecule has 0 saturated carbocycles. The van der Waals surface area contributed by atoms with E-state index in [1.54, 1.807) is 27.5 Å². The molecule has 1 atom stereocenters. The van der Waals surface area contributed by atoms with E-state index in [2.05, 4.69) is 4.99 Å². The highest BCUT2D eigenvalue weighted by Crippen LogP contribution is 2.25. The number of rotatable bonds is 8. The van der Waals surface area contributed by atoms with E-state index in [0.29, 0.717) is 6.54 Å². The summed E-state index contributed by atoms with van der Waals surface area (Å²) in [7, 11) is 1.54. The van der Waals surface area contributed by atoms with Crippen LogP contribution >= 0.6 is 0 Å². The summed E-state index contributed by atoms with van der Waals surface area (Å²) in [4.78, 5) is 4.33. The van der Waals surface area contributed by atoms with Gasteiger partial charge in [0.25, 0.3) is 0 Å². The molecule has 5 heteroatoms. The van der Waals surface area contributed by atoms with Crippen LogP contribution in [0.5, 0.6) is 0 Å². The maximum Gasteiger partial charge on any atom is 0.308 e. The molecule has 1 rings (SSSR count). The van der Waals surface area contributed by atoms with Gasteiger partial charge in [0.1, 0.15) is 0 Å². The number of benzene rings is 1. The van der Waals surface area contributed by atoms with Gasteiger partial charge in [0.2, 0.25) is 0 Å². The van der Waals surface area contributed by atoms with Crippen molar-refractivity contribution in [3.05, 3.63) is 35.9 Å². The zero-order chi connectivity index (χ0) is 15.9. The Kier molecular flexibility index (Phi) is 6.30. The molecule has 0 saturated heterocycles. The van der Waals surface area contributed by atoms with Crippen LogP contribution in [0.1, 0.15) is 33.3 Å². The van der Waals surface area contributed by atoms with Crippen LogP contribution in [0.3, 0.4) is 0 Å². The normalized spacial score (nSPS) is 14.1. The predicted octanol–water partition coefficient (Wildman–Crippen LogP) is 2.88. The van der Waals surface area contributed by atoms with E-state index in [9.17, 15) is 5.11 Å². The molecule has 0 aliphatic carbocycles. The van der Waals surface area contributed by atoms with Crippen LogP contribution in [0.2, 0.25) is 5.82 Å². The van der Waals surface area contributed by atoms with Crippen molar-refractivity contribution in [3.63, 3.8) is 0 Å². The van der Waals surface area contributed by atoms with Gasteiger partial charge in [-0.15, -0.1) is 0 Å². The highest BCUT2D eigenvalue weighted by atomic mass is 16.5. The van der Waals surface area contributed by atoms with E-state index < -0.39 is 11.2 Å². The van der Waals surface area contributed by atoms with Gasteiger partial charge in [0.05, 0.1) is 17.7 Å². The minimum absolute atomic E-state index is 0.310. The standard InChI is InChI=1S/C16H24BN2O2/c1-15(2,20)16(3,4)21-17-14(10-18)12-19-11-13-8-6-5-7-9-13/h5-10,12,14,18,20H,11H2,1-4H3. The molecular formula is C16H24BN2O2. The van der Waals surface area contributed by atoms with Gasteiger partial charge in [-0.05, 0) is 39.5 Å². The van der Waals surface area contributed by atoms with Gasteiger partial charge >= 0.3 is 7.48 Å². The molecule has 0 heterocycles. The summed E-state index contributed by atoms with van der Waals surface area (Å²) in [5, 5.41) is 17.4. The Morgan fingerprint density at radius 1 is 1.29 bits per heavy atom. The lowest BCUT2D eigenvalue weighted by molar-refractivity contribution is -0.0903. The molecule has 0 aliphatic heterocycles. The summed E-state index contributed by atoms with van der Waals surface area (Å²) >= 11 is 0. The van der Waals surface area contributed by atoms with Crippen LogP contribution in [-0.2, 0) is 11.2 Å². The molecule has 1 aromatic rings. The largest absolute Gasteiger partial charge is 0.432 e. The topological polar surface area (TPSA) is 65.7 Å². The van der Waals surface area contributed by atoms with Crippen molar-refractivity contribution in [2.24, 2.45) is 4.99 Å². The number of hydrogen-bond donors (Lipinski definition) is 2. The van der Waals surface area contributed by atoms with Gasteiger partial charge in [-0.3, -0.25) is 4.99 Å². The molecule has 1 unspecified atom stereocenters. The first kappa shape index (κ1) is 17.6. The average Bonchev–Trinajstić information content (AvgIpc) is 2.42. The molecule has 0 aliphatic rings. The van der Waals surface area contributed by atoms with Crippen LogP contribution in [-0.4, -0.2) is 36.2 Å². The molecule has 0 bridgehead atoms. The monoisotopic (exact) mass is 287 g/mol. The van der Waals surface area contributed by atoms with Crippen molar-refractivity contribution >= 4 is 19.9 Å². The van der Waals surface area contributed by atoms with Crippen LogP contribution in [0, 0.1) is 5.41 Å². The van der Waals surface area contributed by atoms with Gasteiger partial charge in [-0.1, -0.05) is 30.3 Å². The van der Waals surface area contributed by atoms with Crippen LogP contribution in [0.25, 0.3) is 0 Å². The molecule has 0 aromatic heterocycles. The van der Waals surface area contributed by atoms with Crippen molar-refractivity contribution < 1.29 is 9.76 Å². The molecule has 0 spiro atoms. The highest BCUT2D eigenvalue weighted by molar-refractivity contribution is 6.42. The predicted molar refractivity (Wildman–Crippen MR) is 88.4 cm³/mol. The second kappa shape index (κ2) is 7.52. The zero-order valence-electron chi connectivity index (χ0n) is 13.2. The maximum absolute atomic E-state index is 10.0.